The van der Waals surface area contributed by atoms with Gasteiger partial charge in [0, 0.05) is 39.3 Å². The van der Waals surface area contributed by atoms with Gasteiger partial charge in [-0.15, -0.1) is 10.2 Å². The minimum Gasteiger partial charge on any atom is -0.367 e. The number of hydrogen-bond acceptors (Lipinski definition) is 4. The third-order valence-electron chi connectivity index (χ3n) is 4.22. The fourth-order valence-electron chi connectivity index (χ4n) is 2.85. The number of nitrogens with one attached hydrogen (secondary N) is 2. The highest BCUT2D eigenvalue weighted by Crippen LogP contribution is 2.24. The molecule has 0 saturated carbocycles. The molecule has 1 aliphatic rings. The number of aromatic nitrogens is 3. The smallest absolute Gasteiger partial charge is 0.191 e. The standard InChI is InChI=1S/C16H21F2N7/c1-19-16(20-8-15-23-21-10-24(15)2)22-12-5-6-25(9-12)14-4-3-11(17)7-13(14)18/h3-4,7,10,12H,5-6,8-9H2,1-2H3,(H2,19,20,22). The Hall–Kier alpha value is -2.71. The van der Waals surface area contributed by atoms with Gasteiger partial charge >= 0.3 is 0 Å². The molecule has 2 heterocycles. The Balaban J connectivity index is 1.55. The zero-order valence-corrected chi connectivity index (χ0v) is 14.2. The summed E-state index contributed by atoms with van der Waals surface area (Å²) in [6.45, 7) is 1.81. The molecular weight excluding hydrogens is 328 g/mol. The molecule has 1 atom stereocenters. The van der Waals surface area contributed by atoms with Crippen LogP contribution in [0.25, 0.3) is 0 Å². The van der Waals surface area contributed by atoms with Crippen LogP contribution in [0.5, 0.6) is 0 Å². The van der Waals surface area contributed by atoms with Gasteiger partial charge in [0.05, 0.1) is 12.2 Å². The van der Waals surface area contributed by atoms with Crippen LogP contribution in [0.2, 0.25) is 0 Å². The third kappa shape index (κ3) is 4.04. The van der Waals surface area contributed by atoms with Gasteiger partial charge in [-0.1, -0.05) is 0 Å². The molecule has 1 aliphatic heterocycles. The lowest BCUT2D eigenvalue weighted by Gasteiger charge is -2.20. The zero-order valence-electron chi connectivity index (χ0n) is 14.2. The molecule has 9 heteroatoms. The van der Waals surface area contributed by atoms with Crippen molar-refractivity contribution >= 4 is 11.6 Å². The highest BCUT2D eigenvalue weighted by atomic mass is 19.1. The molecular formula is C16H21F2N7. The lowest BCUT2D eigenvalue weighted by Crippen LogP contribution is -2.44. The van der Waals surface area contributed by atoms with E-state index in [1.54, 1.807) is 13.4 Å². The minimum atomic E-state index is -0.566. The Labute approximate surface area is 144 Å². The average Bonchev–Trinajstić information content (AvgIpc) is 3.20. The first kappa shape index (κ1) is 17.1. The molecule has 7 nitrogen and oxygen atoms in total. The van der Waals surface area contributed by atoms with Gasteiger partial charge < -0.3 is 20.1 Å². The molecule has 1 aromatic carbocycles. The van der Waals surface area contributed by atoms with E-state index in [4.69, 9.17) is 0 Å². The number of benzene rings is 1. The summed E-state index contributed by atoms with van der Waals surface area (Å²) in [4.78, 5) is 6.11. The van der Waals surface area contributed by atoms with Gasteiger partial charge in [-0.3, -0.25) is 4.99 Å². The van der Waals surface area contributed by atoms with Crippen molar-refractivity contribution in [1.82, 2.24) is 25.4 Å². The third-order valence-corrected chi connectivity index (χ3v) is 4.22. The van der Waals surface area contributed by atoms with Crippen LogP contribution in [-0.4, -0.2) is 46.9 Å². The number of aliphatic imine (C=N–C) groups is 1. The fourth-order valence-corrected chi connectivity index (χ4v) is 2.85. The summed E-state index contributed by atoms with van der Waals surface area (Å²) in [6.07, 6.45) is 2.47. The molecule has 2 N–H and O–H groups in total. The van der Waals surface area contributed by atoms with Crippen LogP contribution in [0.15, 0.2) is 29.5 Å². The Bertz CT molecular complexity index is 759. The van der Waals surface area contributed by atoms with Crippen molar-refractivity contribution in [3.8, 4) is 0 Å². The van der Waals surface area contributed by atoms with E-state index in [9.17, 15) is 8.78 Å². The number of nitrogens with zero attached hydrogens (tertiary/aromatic N) is 5. The Kier molecular flexibility index (Phi) is 5.11. The first-order valence-electron chi connectivity index (χ1n) is 8.07. The molecule has 0 amide bonds. The Morgan fingerprint density at radius 3 is 2.92 bits per heavy atom. The van der Waals surface area contributed by atoms with Crippen LogP contribution in [-0.2, 0) is 13.6 Å². The lowest BCUT2D eigenvalue weighted by atomic mass is 10.2. The lowest BCUT2D eigenvalue weighted by molar-refractivity contribution is 0.580. The number of guanidine groups is 1. The number of halogens is 2. The maximum Gasteiger partial charge on any atom is 0.191 e. The van der Waals surface area contributed by atoms with Gasteiger partial charge in [0.15, 0.2) is 11.8 Å². The van der Waals surface area contributed by atoms with Crippen molar-refractivity contribution in [3.05, 3.63) is 42.0 Å². The van der Waals surface area contributed by atoms with E-state index < -0.39 is 11.6 Å². The van der Waals surface area contributed by atoms with Crippen LogP contribution < -0.4 is 15.5 Å². The van der Waals surface area contributed by atoms with Gasteiger partial charge in [0.2, 0.25) is 0 Å². The van der Waals surface area contributed by atoms with E-state index in [0.29, 0.717) is 31.3 Å². The van der Waals surface area contributed by atoms with Crippen molar-refractivity contribution in [2.45, 2.75) is 19.0 Å². The first-order chi connectivity index (χ1) is 12.1. The molecule has 1 unspecified atom stereocenters. The number of anilines is 1. The summed E-state index contributed by atoms with van der Waals surface area (Å²) in [5, 5.41) is 14.3. The summed E-state index contributed by atoms with van der Waals surface area (Å²) in [7, 11) is 3.57. The molecule has 25 heavy (non-hydrogen) atoms. The van der Waals surface area contributed by atoms with Crippen LogP contribution >= 0.6 is 0 Å². The van der Waals surface area contributed by atoms with Crippen molar-refractivity contribution in [3.63, 3.8) is 0 Å². The minimum absolute atomic E-state index is 0.121. The maximum atomic E-state index is 13.9. The van der Waals surface area contributed by atoms with Crippen molar-refractivity contribution in [2.75, 3.05) is 25.0 Å². The topological polar surface area (TPSA) is 70.4 Å². The zero-order chi connectivity index (χ0) is 17.8. The Morgan fingerprint density at radius 1 is 1.40 bits per heavy atom. The predicted octanol–water partition coefficient (Wildman–Crippen LogP) is 1.04. The molecule has 2 aromatic rings. The molecule has 0 radical (unpaired) electrons. The van der Waals surface area contributed by atoms with E-state index in [1.807, 2.05) is 16.5 Å². The van der Waals surface area contributed by atoms with E-state index >= 15 is 0 Å². The first-order valence-corrected chi connectivity index (χ1v) is 8.07. The largest absolute Gasteiger partial charge is 0.367 e. The second-order valence-electron chi connectivity index (χ2n) is 5.96. The van der Waals surface area contributed by atoms with Crippen LogP contribution in [0.4, 0.5) is 14.5 Å². The number of rotatable bonds is 4. The highest BCUT2D eigenvalue weighted by Gasteiger charge is 2.25. The molecule has 1 aromatic heterocycles. The fraction of sp³-hybridized carbons (Fsp3) is 0.438. The Morgan fingerprint density at radius 2 is 2.24 bits per heavy atom. The molecule has 134 valence electrons. The molecule has 3 rings (SSSR count). The van der Waals surface area contributed by atoms with E-state index in [2.05, 4.69) is 25.8 Å². The summed E-state index contributed by atoms with van der Waals surface area (Å²) in [5.41, 5.74) is 0.424. The second kappa shape index (κ2) is 7.45. The quantitative estimate of drug-likeness (QED) is 0.638. The monoisotopic (exact) mass is 349 g/mol. The molecule has 1 fully saturated rings. The van der Waals surface area contributed by atoms with Gasteiger partial charge in [-0.2, -0.15) is 0 Å². The van der Waals surface area contributed by atoms with Gasteiger partial charge in [0.1, 0.15) is 18.0 Å². The van der Waals surface area contributed by atoms with E-state index in [1.165, 1.54) is 12.1 Å². The summed E-state index contributed by atoms with van der Waals surface area (Å²) < 4.78 is 28.8. The maximum absolute atomic E-state index is 13.9. The van der Waals surface area contributed by atoms with Gasteiger partial charge in [0.25, 0.3) is 0 Å². The van der Waals surface area contributed by atoms with Crippen LogP contribution in [0, 0.1) is 11.6 Å². The van der Waals surface area contributed by atoms with E-state index in [0.717, 1.165) is 18.3 Å². The van der Waals surface area contributed by atoms with Crippen molar-refractivity contribution < 1.29 is 8.78 Å². The molecule has 0 aliphatic carbocycles. The highest BCUT2D eigenvalue weighted by molar-refractivity contribution is 5.80. The van der Waals surface area contributed by atoms with Gasteiger partial charge in [-0.05, 0) is 18.6 Å². The molecule has 1 saturated heterocycles. The summed E-state index contributed by atoms with van der Waals surface area (Å²) in [6, 6.07) is 3.79. The van der Waals surface area contributed by atoms with Crippen molar-refractivity contribution in [2.24, 2.45) is 12.0 Å². The summed E-state index contributed by atoms with van der Waals surface area (Å²) in [5.74, 6) is 0.341. The van der Waals surface area contributed by atoms with Crippen LogP contribution in [0.1, 0.15) is 12.2 Å². The predicted molar refractivity (Wildman–Crippen MR) is 91.3 cm³/mol. The van der Waals surface area contributed by atoms with Crippen molar-refractivity contribution in [1.29, 1.82) is 0 Å². The van der Waals surface area contributed by atoms with E-state index in [-0.39, 0.29) is 6.04 Å². The number of hydrogen-bond donors (Lipinski definition) is 2. The molecule has 0 spiro atoms. The van der Waals surface area contributed by atoms with Gasteiger partial charge in [-0.25, -0.2) is 8.78 Å². The summed E-state index contributed by atoms with van der Waals surface area (Å²) >= 11 is 0. The second-order valence-corrected chi connectivity index (χ2v) is 5.96. The number of aryl methyl sites for hydroxylation is 1. The normalized spacial score (nSPS) is 17.8. The van der Waals surface area contributed by atoms with Crippen LogP contribution in [0.3, 0.4) is 0 Å². The SMILES string of the molecule is CN=C(NCc1nncn1C)NC1CCN(c2ccc(F)cc2F)C1. The molecule has 0 bridgehead atoms. The average molecular weight is 349 g/mol.